The fraction of sp³-hybridized carbons (Fsp3) is 0.588. The van der Waals surface area contributed by atoms with Crippen molar-refractivity contribution in [1.82, 2.24) is 14.8 Å². The largest absolute Gasteiger partial charge is 0.465 e. The molecular formula is C17H25N3O3. The molecule has 0 bridgehead atoms. The molecule has 1 aromatic heterocycles. The Morgan fingerprint density at radius 2 is 1.83 bits per heavy atom. The van der Waals surface area contributed by atoms with Gasteiger partial charge in [-0.3, -0.25) is 14.7 Å². The Hall–Kier alpha value is -2.11. The van der Waals surface area contributed by atoms with Gasteiger partial charge >= 0.3 is 6.09 Å². The highest BCUT2D eigenvalue weighted by Crippen LogP contribution is 2.23. The van der Waals surface area contributed by atoms with Gasteiger partial charge in [-0.1, -0.05) is 0 Å². The summed E-state index contributed by atoms with van der Waals surface area (Å²) in [4.78, 5) is 31.8. The van der Waals surface area contributed by atoms with E-state index in [1.165, 1.54) is 4.90 Å². The summed E-state index contributed by atoms with van der Waals surface area (Å²) in [5, 5.41) is 9.69. The third-order valence-electron chi connectivity index (χ3n) is 4.12. The van der Waals surface area contributed by atoms with Crippen LogP contribution in [0.2, 0.25) is 0 Å². The molecule has 2 amide bonds. The standard InChI is InChI=1S/C17H25N3O3/c1-17(2,3)20(16(22)23)14(12-13-6-8-18-9-7-13)15(21)19-10-4-5-11-19/h6-9,14H,4-5,10-12H2,1-3H3,(H,22,23)/t14-/m0/s1. The van der Waals surface area contributed by atoms with Crippen LogP contribution in [-0.4, -0.2) is 56.6 Å². The Bertz CT molecular complexity index is 548. The first-order valence-electron chi connectivity index (χ1n) is 8.00. The zero-order chi connectivity index (χ0) is 17.0. The number of pyridine rings is 1. The Morgan fingerprint density at radius 3 is 2.30 bits per heavy atom. The lowest BCUT2D eigenvalue weighted by molar-refractivity contribution is -0.137. The van der Waals surface area contributed by atoms with Crippen molar-refractivity contribution >= 4 is 12.0 Å². The van der Waals surface area contributed by atoms with Crippen LogP contribution in [-0.2, 0) is 11.2 Å². The molecule has 1 N–H and O–H groups in total. The van der Waals surface area contributed by atoms with E-state index < -0.39 is 17.7 Å². The van der Waals surface area contributed by atoms with Crippen molar-refractivity contribution in [2.75, 3.05) is 13.1 Å². The predicted octanol–water partition coefficient (Wildman–Crippen LogP) is 2.39. The Kier molecular flexibility index (Phi) is 5.23. The average Bonchev–Trinajstić information content (AvgIpc) is 2.99. The van der Waals surface area contributed by atoms with Gasteiger partial charge in [0.25, 0.3) is 0 Å². The number of amides is 2. The number of carbonyl (C=O) groups excluding carboxylic acids is 1. The van der Waals surface area contributed by atoms with Crippen LogP contribution in [0.15, 0.2) is 24.5 Å². The third kappa shape index (κ3) is 4.21. The van der Waals surface area contributed by atoms with Crippen molar-refractivity contribution in [1.29, 1.82) is 0 Å². The van der Waals surface area contributed by atoms with Crippen LogP contribution < -0.4 is 0 Å². The fourth-order valence-corrected chi connectivity index (χ4v) is 3.07. The summed E-state index contributed by atoms with van der Waals surface area (Å²) in [5.74, 6) is -0.100. The number of hydrogen-bond acceptors (Lipinski definition) is 3. The molecule has 0 radical (unpaired) electrons. The molecule has 0 saturated carbocycles. The molecule has 1 aliphatic rings. The third-order valence-corrected chi connectivity index (χ3v) is 4.12. The molecule has 1 aromatic rings. The smallest absolute Gasteiger partial charge is 0.408 e. The lowest BCUT2D eigenvalue weighted by atomic mass is 9.98. The van der Waals surface area contributed by atoms with Crippen LogP contribution in [0.4, 0.5) is 4.79 Å². The molecule has 6 nitrogen and oxygen atoms in total. The molecule has 0 aliphatic carbocycles. The molecule has 23 heavy (non-hydrogen) atoms. The van der Waals surface area contributed by atoms with Crippen LogP contribution in [0.25, 0.3) is 0 Å². The van der Waals surface area contributed by atoms with Crippen LogP contribution in [0.3, 0.4) is 0 Å². The highest BCUT2D eigenvalue weighted by atomic mass is 16.4. The van der Waals surface area contributed by atoms with E-state index in [0.717, 1.165) is 18.4 Å². The van der Waals surface area contributed by atoms with Gasteiger partial charge in [-0.25, -0.2) is 4.79 Å². The summed E-state index contributed by atoms with van der Waals surface area (Å²) in [6.45, 7) is 6.88. The molecule has 1 atom stereocenters. The second-order valence-corrected chi connectivity index (χ2v) is 6.93. The summed E-state index contributed by atoms with van der Waals surface area (Å²) >= 11 is 0. The van der Waals surface area contributed by atoms with Crippen molar-refractivity contribution in [3.63, 3.8) is 0 Å². The molecule has 1 fully saturated rings. The van der Waals surface area contributed by atoms with Crippen molar-refractivity contribution < 1.29 is 14.7 Å². The molecule has 1 saturated heterocycles. The molecule has 0 spiro atoms. The first kappa shape index (κ1) is 17.2. The topological polar surface area (TPSA) is 73.7 Å². The maximum atomic E-state index is 12.9. The average molecular weight is 319 g/mol. The van der Waals surface area contributed by atoms with Crippen molar-refractivity contribution in [3.8, 4) is 0 Å². The summed E-state index contributed by atoms with van der Waals surface area (Å²) in [6, 6.07) is 2.94. The van der Waals surface area contributed by atoms with Crippen LogP contribution >= 0.6 is 0 Å². The Labute approximate surface area is 137 Å². The molecule has 0 aromatic carbocycles. The van der Waals surface area contributed by atoms with Gasteiger partial charge < -0.3 is 10.0 Å². The van der Waals surface area contributed by atoms with Gasteiger partial charge in [-0.15, -0.1) is 0 Å². The van der Waals surface area contributed by atoms with Gasteiger partial charge in [0.15, 0.2) is 0 Å². The van der Waals surface area contributed by atoms with E-state index in [9.17, 15) is 14.7 Å². The van der Waals surface area contributed by atoms with Gasteiger partial charge in [-0.2, -0.15) is 0 Å². The van der Waals surface area contributed by atoms with E-state index in [2.05, 4.69) is 4.98 Å². The Morgan fingerprint density at radius 1 is 1.26 bits per heavy atom. The summed E-state index contributed by atoms with van der Waals surface area (Å²) in [7, 11) is 0. The minimum absolute atomic E-state index is 0.100. The zero-order valence-corrected chi connectivity index (χ0v) is 14.0. The quantitative estimate of drug-likeness (QED) is 0.925. The van der Waals surface area contributed by atoms with Crippen molar-refractivity contribution in [2.24, 2.45) is 0 Å². The molecule has 2 heterocycles. The van der Waals surface area contributed by atoms with Crippen molar-refractivity contribution in [3.05, 3.63) is 30.1 Å². The number of likely N-dealkylation sites (tertiary alicyclic amines) is 1. The molecule has 126 valence electrons. The highest BCUT2D eigenvalue weighted by molar-refractivity contribution is 5.86. The number of aromatic nitrogens is 1. The number of nitrogens with zero attached hydrogens (tertiary/aromatic N) is 3. The molecule has 0 unspecified atom stereocenters. The number of rotatable bonds is 4. The summed E-state index contributed by atoms with van der Waals surface area (Å²) in [6.07, 6.45) is 4.59. The van der Waals surface area contributed by atoms with E-state index in [1.807, 2.05) is 32.9 Å². The van der Waals surface area contributed by atoms with E-state index >= 15 is 0 Å². The number of hydrogen-bond donors (Lipinski definition) is 1. The van der Waals surface area contributed by atoms with Gasteiger partial charge in [0.2, 0.25) is 5.91 Å². The number of carbonyl (C=O) groups is 2. The second kappa shape index (κ2) is 6.98. The van der Waals surface area contributed by atoms with Gasteiger partial charge in [-0.05, 0) is 51.3 Å². The zero-order valence-electron chi connectivity index (χ0n) is 14.0. The van der Waals surface area contributed by atoms with Crippen LogP contribution in [0.1, 0.15) is 39.2 Å². The highest BCUT2D eigenvalue weighted by Gasteiger charge is 2.39. The maximum Gasteiger partial charge on any atom is 0.408 e. The maximum absolute atomic E-state index is 12.9. The van der Waals surface area contributed by atoms with Gasteiger partial charge in [0.1, 0.15) is 6.04 Å². The number of carboxylic acid groups (broad SMARTS) is 1. The monoisotopic (exact) mass is 319 g/mol. The lowest BCUT2D eigenvalue weighted by Gasteiger charge is -2.40. The van der Waals surface area contributed by atoms with Gasteiger partial charge in [0, 0.05) is 37.4 Å². The first-order chi connectivity index (χ1) is 10.8. The summed E-state index contributed by atoms with van der Waals surface area (Å²) in [5.41, 5.74) is 0.256. The minimum atomic E-state index is -1.07. The minimum Gasteiger partial charge on any atom is -0.465 e. The predicted molar refractivity (Wildman–Crippen MR) is 87.2 cm³/mol. The molecular weight excluding hydrogens is 294 g/mol. The van der Waals surface area contributed by atoms with E-state index in [4.69, 9.17) is 0 Å². The van der Waals surface area contributed by atoms with Crippen LogP contribution in [0.5, 0.6) is 0 Å². The summed E-state index contributed by atoms with van der Waals surface area (Å²) < 4.78 is 0. The van der Waals surface area contributed by atoms with Crippen LogP contribution in [0, 0.1) is 0 Å². The normalized spacial score (nSPS) is 16.2. The second-order valence-electron chi connectivity index (χ2n) is 6.93. The van der Waals surface area contributed by atoms with E-state index in [0.29, 0.717) is 19.5 Å². The lowest BCUT2D eigenvalue weighted by Crippen LogP contribution is -2.58. The Balaban J connectivity index is 2.32. The van der Waals surface area contributed by atoms with Crippen molar-refractivity contribution in [2.45, 2.75) is 51.6 Å². The molecule has 6 heteroatoms. The van der Waals surface area contributed by atoms with E-state index in [1.54, 1.807) is 17.3 Å². The fourth-order valence-electron chi connectivity index (χ4n) is 3.07. The van der Waals surface area contributed by atoms with E-state index in [-0.39, 0.29) is 5.91 Å². The first-order valence-corrected chi connectivity index (χ1v) is 8.00. The SMILES string of the molecule is CC(C)(C)N(C(=O)O)[C@@H](Cc1ccncc1)C(=O)N1CCCC1. The molecule has 2 rings (SSSR count). The molecule has 1 aliphatic heterocycles. The van der Waals surface area contributed by atoms with Gasteiger partial charge in [0.05, 0.1) is 0 Å².